The van der Waals surface area contributed by atoms with Crippen molar-refractivity contribution in [2.45, 2.75) is 33.0 Å². The average Bonchev–Trinajstić information content (AvgIpc) is 2.43. The number of aliphatic hydroxyl groups is 1. The monoisotopic (exact) mass is 262 g/mol. The first-order valence-electron chi connectivity index (χ1n) is 6.91. The standard InChI is InChI=1S/C17H26O2/c1-6-15(13(4)16(18)12(2)3)17(19-5)14-10-8-7-9-11-14/h6-13,15-18H,1H2,2-5H3/t13-,15+,16+,17-/m0/s1. The molecule has 0 saturated heterocycles. The van der Waals surface area contributed by atoms with Crippen molar-refractivity contribution in [3.63, 3.8) is 0 Å². The Hall–Kier alpha value is -1.12. The molecule has 1 rings (SSSR count). The van der Waals surface area contributed by atoms with Gasteiger partial charge in [-0.25, -0.2) is 0 Å². The number of ether oxygens (including phenoxy) is 1. The first-order valence-corrected chi connectivity index (χ1v) is 6.91. The molecule has 0 aliphatic heterocycles. The zero-order valence-electron chi connectivity index (χ0n) is 12.4. The molecule has 4 atom stereocenters. The SMILES string of the molecule is C=C[C@H]([C@H](C)[C@H](O)C(C)C)[C@@H](OC)c1ccccc1. The lowest BCUT2D eigenvalue weighted by Gasteiger charge is -2.33. The minimum Gasteiger partial charge on any atom is -0.393 e. The minimum absolute atomic E-state index is 0.0675. The summed E-state index contributed by atoms with van der Waals surface area (Å²) in [5.41, 5.74) is 1.12. The van der Waals surface area contributed by atoms with Gasteiger partial charge in [0.1, 0.15) is 0 Å². The van der Waals surface area contributed by atoms with Crippen LogP contribution in [0.5, 0.6) is 0 Å². The Labute approximate surface area is 117 Å². The highest BCUT2D eigenvalue weighted by Gasteiger charge is 2.31. The van der Waals surface area contributed by atoms with Crippen LogP contribution >= 0.6 is 0 Å². The minimum atomic E-state index is -0.357. The predicted molar refractivity (Wildman–Crippen MR) is 79.9 cm³/mol. The number of aliphatic hydroxyl groups excluding tert-OH is 1. The number of rotatable bonds is 7. The van der Waals surface area contributed by atoms with Crippen molar-refractivity contribution in [1.82, 2.24) is 0 Å². The Kier molecular flexibility index (Phi) is 6.26. The molecule has 0 fully saturated rings. The van der Waals surface area contributed by atoms with Gasteiger partial charge >= 0.3 is 0 Å². The van der Waals surface area contributed by atoms with E-state index in [1.165, 1.54) is 0 Å². The molecule has 0 heterocycles. The number of hydrogen-bond donors (Lipinski definition) is 1. The summed E-state index contributed by atoms with van der Waals surface area (Å²) in [4.78, 5) is 0. The van der Waals surface area contributed by atoms with Crippen molar-refractivity contribution < 1.29 is 9.84 Å². The van der Waals surface area contributed by atoms with E-state index < -0.39 is 0 Å². The Morgan fingerprint density at radius 1 is 1.16 bits per heavy atom. The normalized spacial score (nSPS) is 17.8. The second-order valence-electron chi connectivity index (χ2n) is 5.47. The van der Waals surface area contributed by atoms with Crippen LogP contribution in [-0.4, -0.2) is 18.3 Å². The highest BCUT2D eigenvalue weighted by Crippen LogP contribution is 2.34. The van der Waals surface area contributed by atoms with E-state index in [4.69, 9.17) is 4.74 Å². The molecule has 106 valence electrons. The average molecular weight is 262 g/mol. The van der Waals surface area contributed by atoms with Crippen molar-refractivity contribution in [2.75, 3.05) is 7.11 Å². The van der Waals surface area contributed by atoms with Crippen molar-refractivity contribution >= 4 is 0 Å². The molecule has 2 heteroatoms. The summed E-state index contributed by atoms with van der Waals surface area (Å²) in [5.74, 6) is 0.415. The molecular formula is C17H26O2. The molecular weight excluding hydrogens is 236 g/mol. The molecule has 0 aliphatic rings. The fraction of sp³-hybridized carbons (Fsp3) is 0.529. The molecule has 1 aromatic carbocycles. The molecule has 0 bridgehead atoms. The number of methoxy groups -OCH3 is 1. The summed E-state index contributed by atoms with van der Waals surface area (Å²) in [6.07, 6.45) is 1.48. The molecule has 0 radical (unpaired) electrons. The van der Waals surface area contributed by atoms with Gasteiger partial charge in [-0.1, -0.05) is 57.2 Å². The third kappa shape index (κ3) is 3.92. The van der Waals surface area contributed by atoms with Gasteiger partial charge in [-0.2, -0.15) is 0 Å². The lowest BCUT2D eigenvalue weighted by molar-refractivity contribution is -0.00742. The van der Waals surface area contributed by atoms with E-state index in [0.29, 0.717) is 0 Å². The first-order chi connectivity index (χ1) is 9.02. The molecule has 0 saturated carbocycles. The molecule has 1 aromatic rings. The first kappa shape index (κ1) is 15.9. The third-order valence-corrected chi connectivity index (χ3v) is 3.83. The molecule has 0 aliphatic carbocycles. The summed E-state index contributed by atoms with van der Waals surface area (Å²) in [6, 6.07) is 10.1. The van der Waals surface area contributed by atoms with Crippen LogP contribution in [-0.2, 0) is 4.74 Å². The lowest BCUT2D eigenvalue weighted by atomic mass is 9.79. The molecule has 1 N–H and O–H groups in total. The van der Waals surface area contributed by atoms with Crippen LogP contribution in [0.15, 0.2) is 43.0 Å². The molecule has 0 amide bonds. The van der Waals surface area contributed by atoms with E-state index in [2.05, 4.69) is 25.6 Å². The van der Waals surface area contributed by atoms with Crippen LogP contribution in [0.3, 0.4) is 0 Å². The Morgan fingerprint density at radius 3 is 2.16 bits per heavy atom. The lowest BCUT2D eigenvalue weighted by Crippen LogP contribution is -2.32. The number of hydrogen-bond acceptors (Lipinski definition) is 2. The van der Waals surface area contributed by atoms with Crippen LogP contribution in [0.4, 0.5) is 0 Å². The molecule has 0 aromatic heterocycles. The fourth-order valence-electron chi connectivity index (χ4n) is 2.61. The highest BCUT2D eigenvalue weighted by atomic mass is 16.5. The van der Waals surface area contributed by atoms with Gasteiger partial charge in [-0.3, -0.25) is 0 Å². The van der Waals surface area contributed by atoms with E-state index in [0.717, 1.165) is 5.56 Å². The van der Waals surface area contributed by atoms with Gasteiger partial charge in [0.15, 0.2) is 0 Å². The molecule has 19 heavy (non-hydrogen) atoms. The van der Waals surface area contributed by atoms with E-state index in [9.17, 15) is 5.11 Å². The quantitative estimate of drug-likeness (QED) is 0.757. The maximum atomic E-state index is 10.3. The summed E-state index contributed by atoms with van der Waals surface area (Å²) in [5, 5.41) is 10.3. The smallest absolute Gasteiger partial charge is 0.0887 e. The Balaban J connectivity index is 2.96. The van der Waals surface area contributed by atoms with E-state index in [1.807, 2.05) is 38.1 Å². The zero-order chi connectivity index (χ0) is 14.4. The van der Waals surface area contributed by atoms with E-state index in [1.54, 1.807) is 7.11 Å². The molecule has 2 nitrogen and oxygen atoms in total. The summed E-state index contributed by atoms with van der Waals surface area (Å²) < 4.78 is 5.66. The fourth-order valence-corrected chi connectivity index (χ4v) is 2.61. The van der Waals surface area contributed by atoms with Gasteiger partial charge in [0, 0.05) is 13.0 Å². The molecule has 0 spiro atoms. The summed E-state index contributed by atoms with van der Waals surface area (Å²) in [7, 11) is 1.71. The van der Waals surface area contributed by atoms with Gasteiger partial charge in [0.2, 0.25) is 0 Å². The van der Waals surface area contributed by atoms with Crippen LogP contribution in [0.2, 0.25) is 0 Å². The van der Waals surface area contributed by atoms with E-state index in [-0.39, 0.29) is 30.0 Å². The van der Waals surface area contributed by atoms with Crippen molar-refractivity contribution in [1.29, 1.82) is 0 Å². The van der Waals surface area contributed by atoms with Crippen LogP contribution in [0.25, 0.3) is 0 Å². The van der Waals surface area contributed by atoms with Crippen molar-refractivity contribution in [2.24, 2.45) is 17.8 Å². The van der Waals surface area contributed by atoms with Gasteiger partial charge in [-0.05, 0) is 17.4 Å². The number of benzene rings is 1. The predicted octanol–water partition coefficient (Wildman–Crippen LogP) is 3.83. The van der Waals surface area contributed by atoms with Crippen molar-refractivity contribution in [3.05, 3.63) is 48.6 Å². The maximum Gasteiger partial charge on any atom is 0.0887 e. The largest absolute Gasteiger partial charge is 0.393 e. The zero-order valence-corrected chi connectivity index (χ0v) is 12.4. The van der Waals surface area contributed by atoms with Gasteiger partial charge in [-0.15, -0.1) is 6.58 Å². The second-order valence-corrected chi connectivity index (χ2v) is 5.47. The maximum absolute atomic E-state index is 10.3. The second kappa shape index (κ2) is 7.46. The summed E-state index contributed by atoms with van der Waals surface area (Å²) in [6.45, 7) is 10.1. The third-order valence-electron chi connectivity index (χ3n) is 3.83. The van der Waals surface area contributed by atoms with Crippen LogP contribution in [0.1, 0.15) is 32.4 Å². The Bertz CT molecular complexity index is 372. The topological polar surface area (TPSA) is 29.5 Å². The molecule has 0 unspecified atom stereocenters. The highest BCUT2D eigenvalue weighted by molar-refractivity contribution is 5.20. The Morgan fingerprint density at radius 2 is 1.74 bits per heavy atom. The van der Waals surface area contributed by atoms with Gasteiger partial charge in [0.05, 0.1) is 12.2 Å². The van der Waals surface area contributed by atoms with Gasteiger partial charge in [0.25, 0.3) is 0 Å². The summed E-state index contributed by atoms with van der Waals surface area (Å²) >= 11 is 0. The van der Waals surface area contributed by atoms with Crippen LogP contribution in [0, 0.1) is 17.8 Å². The van der Waals surface area contributed by atoms with E-state index >= 15 is 0 Å². The van der Waals surface area contributed by atoms with Crippen molar-refractivity contribution in [3.8, 4) is 0 Å². The van der Waals surface area contributed by atoms with Crippen LogP contribution < -0.4 is 0 Å². The van der Waals surface area contributed by atoms with Gasteiger partial charge < -0.3 is 9.84 Å².